The Hall–Kier alpha value is -4.24. The van der Waals surface area contributed by atoms with Gasteiger partial charge >= 0.3 is 5.76 Å². The molecule has 1 aliphatic heterocycles. The lowest BCUT2D eigenvalue weighted by molar-refractivity contribution is 0.103. The van der Waals surface area contributed by atoms with Crippen molar-refractivity contribution in [2.75, 3.05) is 31.2 Å². The van der Waals surface area contributed by atoms with Gasteiger partial charge in [-0.15, -0.1) is 0 Å². The average molecular weight is 441 g/mol. The Kier molecular flexibility index (Phi) is 4.55. The van der Waals surface area contributed by atoms with E-state index in [4.69, 9.17) is 14.1 Å². The number of oxazole rings is 1. The summed E-state index contributed by atoms with van der Waals surface area (Å²) < 4.78 is 12.6. The summed E-state index contributed by atoms with van der Waals surface area (Å²) in [6.45, 7) is 2.60. The zero-order chi connectivity index (χ0) is 22.4. The number of aromatic nitrogens is 4. The van der Waals surface area contributed by atoms with Crippen molar-refractivity contribution in [3.05, 3.63) is 82.7 Å². The molecule has 6 rings (SSSR count). The van der Waals surface area contributed by atoms with Crippen LogP contribution in [0.1, 0.15) is 16.1 Å². The number of rotatable bonds is 4. The summed E-state index contributed by atoms with van der Waals surface area (Å²) in [5.74, 6) is -0.0269. The van der Waals surface area contributed by atoms with Crippen LogP contribution in [-0.4, -0.2) is 51.4 Å². The monoisotopic (exact) mass is 441 g/mol. The maximum atomic E-state index is 13.6. The minimum Gasteiger partial charge on any atom is -0.408 e. The molecule has 1 aliphatic rings. The number of carbonyl (C=O) groups excluding carboxylic acids is 1. The van der Waals surface area contributed by atoms with Crippen molar-refractivity contribution in [3.63, 3.8) is 0 Å². The van der Waals surface area contributed by atoms with E-state index in [1.807, 2.05) is 28.7 Å². The van der Waals surface area contributed by atoms with Gasteiger partial charge in [-0.2, -0.15) is 0 Å². The summed E-state index contributed by atoms with van der Waals surface area (Å²) in [6.07, 6.45) is 3.50. The predicted molar refractivity (Wildman–Crippen MR) is 122 cm³/mol. The fraction of sp³-hybridized carbons (Fsp3) is 0.167. The van der Waals surface area contributed by atoms with E-state index in [1.54, 1.807) is 36.7 Å². The van der Waals surface area contributed by atoms with E-state index in [-0.39, 0.29) is 5.78 Å². The van der Waals surface area contributed by atoms with Gasteiger partial charge in [0.15, 0.2) is 17.0 Å². The summed E-state index contributed by atoms with van der Waals surface area (Å²) >= 11 is 0. The number of hydrogen-bond acceptors (Lipinski definition) is 7. The van der Waals surface area contributed by atoms with Crippen LogP contribution in [0.3, 0.4) is 0 Å². The molecule has 0 saturated carbocycles. The van der Waals surface area contributed by atoms with Gasteiger partial charge in [0, 0.05) is 36.6 Å². The maximum Gasteiger partial charge on any atom is 0.417 e. The van der Waals surface area contributed by atoms with Crippen molar-refractivity contribution in [3.8, 4) is 11.3 Å². The number of H-pyrrole nitrogens is 1. The van der Waals surface area contributed by atoms with Gasteiger partial charge in [0.25, 0.3) is 0 Å². The van der Waals surface area contributed by atoms with Crippen molar-refractivity contribution < 1.29 is 13.9 Å². The maximum absolute atomic E-state index is 13.6. The van der Waals surface area contributed by atoms with E-state index in [0.717, 1.165) is 0 Å². The van der Waals surface area contributed by atoms with Gasteiger partial charge in [0.05, 0.1) is 24.4 Å². The van der Waals surface area contributed by atoms with Gasteiger partial charge in [0.1, 0.15) is 5.69 Å². The standard InChI is InChI=1S/C24H19N5O4/c30-21(15-4-2-1-3-5-15)19-20(16-6-7-17-18(14-16)33-24(31)26-17)29-9-8-25-22(23(29)27-19)28-10-12-32-13-11-28/h1-9,14H,10-13H2,(H,26,31). The number of hydrogen-bond donors (Lipinski definition) is 1. The fourth-order valence-electron chi connectivity index (χ4n) is 4.22. The molecule has 0 bridgehead atoms. The molecule has 2 aromatic carbocycles. The summed E-state index contributed by atoms with van der Waals surface area (Å²) in [5, 5.41) is 0. The molecule has 5 aromatic rings. The lowest BCUT2D eigenvalue weighted by Crippen LogP contribution is -2.37. The van der Waals surface area contributed by atoms with Gasteiger partial charge in [-0.05, 0) is 12.1 Å². The first-order valence-electron chi connectivity index (χ1n) is 10.6. The molecule has 33 heavy (non-hydrogen) atoms. The predicted octanol–water partition coefficient (Wildman–Crippen LogP) is 2.90. The number of aromatic amines is 1. The van der Waals surface area contributed by atoms with Gasteiger partial charge in [-0.3, -0.25) is 14.2 Å². The third-order valence-electron chi connectivity index (χ3n) is 5.78. The van der Waals surface area contributed by atoms with Crippen molar-refractivity contribution in [2.45, 2.75) is 0 Å². The van der Waals surface area contributed by atoms with Crippen LogP contribution in [-0.2, 0) is 4.74 Å². The van der Waals surface area contributed by atoms with E-state index >= 15 is 0 Å². The molecule has 1 N–H and O–H groups in total. The molecule has 0 aliphatic carbocycles. The topological polar surface area (TPSA) is 106 Å². The molecule has 0 unspecified atom stereocenters. The summed E-state index contributed by atoms with van der Waals surface area (Å²) in [5.41, 5.74) is 3.75. The molecule has 9 nitrogen and oxygen atoms in total. The van der Waals surface area contributed by atoms with Crippen LogP contribution >= 0.6 is 0 Å². The minimum atomic E-state index is -0.528. The summed E-state index contributed by atoms with van der Waals surface area (Å²) in [7, 11) is 0. The Labute approximate surface area is 187 Å². The Morgan fingerprint density at radius 3 is 2.70 bits per heavy atom. The second-order valence-corrected chi connectivity index (χ2v) is 7.77. The largest absolute Gasteiger partial charge is 0.417 e. The number of nitrogens with one attached hydrogen (secondary N) is 1. The van der Waals surface area contributed by atoms with Gasteiger partial charge in [-0.1, -0.05) is 36.4 Å². The molecule has 3 aromatic heterocycles. The number of ketones is 1. The number of fused-ring (bicyclic) bond motifs is 2. The highest BCUT2D eigenvalue weighted by Gasteiger charge is 2.26. The third kappa shape index (κ3) is 3.30. The van der Waals surface area contributed by atoms with E-state index < -0.39 is 5.76 Å². The molecule has 9 heteroatoms. The lowest BCUT2D eigenvalue weighted by Gasteiger charge is -2.27. The van der Waals surface area contributed by atoms with Crippen LogP contribution in [0, 0.1) is 0 Å². The van der Waals surface area contributed by atoms with Gasteiger partial charge < -0.3 is 14.1 Å². The van der Waals surface area contributed by atoms with E-state index in [2.05, 4.69) is 14.9 Å². The van der Waals surface area contributed by atoms with E-state index in [0.29, 0.717) is 71.4 Å². The highest BCUT2D eigenvalue weighted by molar-refractivity contribution is 6.12. The fourth-order valence-corrected chi connectivity index (χ4v) is 4.22. The molecular formula is C24H19N5O4. The SMILES string of the molecule is O=C(c1ccccc1)c1nc2c(N3CCOCC3)nccn2c1-c1ccc2[nH]c(=O)oc2c1. The Bertz CT molecular complexity index is 1540. The van der Waals surface area contributed by atoms with Crippen LogP contribution < -0.4 is 10.7 Å². The van der Waals surface area contributed by atoms with Crippen molar-refractivity contribution in [1.82, 2.24) is 19.4 Å². The molecule has 0 spiro atoms. The lowest BCUT2D eigenvalue weighted by atomic mass is 10.0. The molecule has 1 fully saturated rings. The molecule has 0 radical (unpaired) electrons. The van der Waals surface area contributed by atoms with Gasteiger partial charge in [-0.25, -0.2) is 14.8 Å². The first-order valence-corrected chi connectivity index (χ1v) is 10.6. The number of anilines is 1. The number of morpholine rings is 1. The second kappa shape index (κ2) is 7.72. The van der Waals surface area contributed by atoms with Crippen LogP contribution in [0.5, 0.6) is 0 Å². The molecular weight excluding hydrogens is 422 g/mol. The summed E-state index contributed by atoms with van der Waals surface area (Å²) in [6, 6.07) is 14.4. The molecule has 1 saturated heterocycles. The first-order chi connectivity index (χ1) is 16.2. The molecule has 4 heterocycles. The molecule has 0 atom stereocenters. The van der Waals surface area contributed by atoms with Crippen LogP contribution in [0.15, 0.2) is 70.1 Å². The number of carbonyl (C=O) groups is 1. The number of ether oxygens (including phenoxy) is 1. The van der Waals surface area contributed by atoms with E-state index in [1.165, 1.54) is 0 Å². The van der Waals surface area contributed by atoms with Crippen LogP contribution in [0.25, 0.3) is 28.0 Å². The van der Waals surface area contributed by atoms with E-state index in [9.17, 15) is 9.59 Å². The smallest absolute Gasteiger partial charge is 0.408 e. The third-order valence-corrected chi connectivity index (χ3v) is 5.78. The Morgan fingerprint density at radius 1 is 1.06 bits per heavy atom. The highest BCUT2D eigenvalue weighted by atomic mass is 16.5. The zero-order valence-electron chi connectivity index (χ0n) is 17.5. The first kappa shape index (κ1) is 19.4. The van der Waals surface area contributed by atoms with Crippen molar-refractivity contribution in [1.29, 1.82) is 0 Å². The molecule has 164 valence electrons. The quantitative estimate of drug-likeness (QED) is 0.428. The number of benzene rings is 2. The normalized spacial score (nSPS) is 14.2. The Balaban J connectivity index is 1.61. The highest BCUT2D eigenvalue weighted by Crippen LogP contribution is 2.32. The number of nitrogens with zero attached hydrogens (tertiary/aromatic N) is 4. The van der Waals surface area contributed by atoms with Gasteiger partial charge in [0.2, 0.25) is 5.78 Å². The van der Waals surface area contributed by atoms with Crippen LogP contribution in [0.4, 0.5) is 5.82 Å². The van der Waals surface area contributed by atoms with Crippen molar-refractivity contribution in [2.24, 2.45) is 0 Å². The van der Waals surface area contributed by atoms with Crippen molar-refractivity contribution >= 4 is 28.3 Å². The average Bonchev–Trinajstić information content (AvgIpc) is 3.43. The molecule has 0 amide bonds. The Morgan fingerprint density at radius 2 is 1.88 bits per heavy atom. The number of imidazole rings is 1. The minimum absolute atomic E-state index is 0.196. The summed E-state index contributed by atoms with van der Waals surface area (Å²) in [4.78, 5) is 39.3. The zero-order valence-corrected chi connectivity index (χ0v) is 17.5. The van der Waals surface area contributed by atoms with Crippen LogP contribution in [0.2, 0.25) is 0 Å². The second-order valence-electron chi connectivity index (χ2n) is 7.77.